The Hall–Kier alpha value is -1.39. The van der Waals surface area contributed by atoms with E-state index < -0.39 is 0 Å². The first kappa shape index (κ1) is 11.1. The summed E-state index contributed by atoms with van der Waals surface area (Å²) in [4.78, 5) is 12.1. The molecule has 0 saturated heterocycles. The molecule has 0 bridgehead atoms. The average molecular weight is 255 g/mol. The van der Waals surface area contributed by atoms with Gasteiger partial charge in [0, 0.05) is 11.8 Å². The third kappa shape index (κ3) is 2.40. The largest absolute Gasteiger partial charge is 0.323 e. The molecule has 0 spiro atoms. The zero-order valence-corrected chi connectivity index (χ0v) is 9.92. The van der Waals surface area contributed by atoms with Gasteiger partial charge in [0.2, 0.25) is 5.95 Å². The molecule has 4 nitrogen and oxygen atoms in total. The van der Waals surface area contributed by atoms with Gasteiger partial charge in [-0.3, -0.25) is 4.98 Å². The fourth-order valence-corrected chi connectivity index (χ4v) is 1.47. The van der Waals surface area contributed by atoms with Gasteiger partial charge in [-0.1, -0.05) is 23.2 Å². The molecule has 0 saturated carbocycles. The number of hydrogen-bond donors (Lipinski definition) is 1. The molecule has 0 aromatic carbocycles. The Balaban J connectivity index is 2.29. The van der Waals surface area contributed by atoms with Crippen LogP contribution < -0.4 is 5.32 Å². The summed E-state index contributed by atoms with van der Waals surface area (Å²) < 4.78 is 0. The molecule has 2 rings (SSSR count). The first-order valence-corrected chi connectivity index (χ1v) is 5.29. The van der Waals surface area contributed by atoms with Gasteiger partial charge in [0.05, 0.1) is 11.9 Å². The van der Waals surface area contributed by atoms with Crippen LogP contribution in [0.3, 0.4) is 0 Å². The maximum atomic E-state index is 5.89. The van der Waals surface area contributed by atoms with Crippen LogP contribution in [0.4, 0.5) is 11.6 Å². The van der Waals surface area contributed by atoms with E-state index in [2.05, 4.69) is 20.3 Å². The van der Waals surface area contributed by atoms with Crippen LogP contribution in [0.5, 0.6) is 0 Å². The topological polar surface area (TPSA) is 50.7 Å². The number of pyridine rings is 1. The molecule has 0 fully saturated rings. The van der Waals surface area contributed by atoms with E-state index in [1.165, 1.54) is 0 Å². The van der Waals surface area contributed by atoms with E-state index >= 15 is 0 Å². The first-order chi connectivity index (χ1) is 7.66. The highest BCUT2D eigenvalue weighted by Gasteiger charge is 2.07. The molecule has 0 aliphatic heterocycles. The minimum absolute atomic E-state index is 0.339. The SMILES string of the molecule is Cc1c(Cl)nc(Nc2cccnc2)nc1Cl. The van der Waals surface area contributed by atoms with Crippen LogP contribution >= 0.6 is 23.2 Å². The van der Waals surface area contributed by atoms with E-state index in [0.29, 0.717) is 21.8 Å². The molecule has 0 aliphatic carbocycles. The second kappa shape index (κ2) is 4.63. The van der Waals surface area contributed by atoms with Crippen LogP contribution in [-0.4, -0.2) is 15.0 Å². The Morgan fingerprint density at radius 1 is 1.19 bits per heavy atom. The molecule has 1 N–H and O–H groups in total. The molecule has 0 aliphatic rings. The summed E-state index contributed by atoms with van der Waals surface area (Å²) in [6, 6.07) is 3.65. The normalized spacial score (nSPS) is 10.2. The Kier molecular flexibility index (Phi) is 3.22. The van der Waals surface area contributed by atoms with Crippen molar-refractivity contribution in [1.29, 1.82) is 0 Å². The van der Waals surface area contributed by atoms with Gasteiger partial charge in [-0.25, -0.2) is 9.97 Å². The van der Waals surface area contributed by atoms with Gasteiger partial charge < -0.3 is 5.32 Å². The highest BCUT2D eigenvalue weighted by atomic mass is 35.5. The fraction of sp³-hybridized carbons (Fsp3) is 0.100. The minimum Gasteiger partial charge on any atom is -0.323 e. The third-order valence-electron chi connectivity index (χ3n) is 1.94. The zero-order valence-electron chi connectivity index (χ0n) is 8.41. The lowest BCUT2D eigenvalue weighted by Crippen LogP contribution is -1.99. The molecule has 0 radical (unpaired) electrons. The molecule has 2 aromatic heterocycles. The van der Waals surface area contributed by atoms with Crippen molar-refractivity contribution < 1.29 is 0 Å². The van der Waals surface area contributed by atoms with E-state index in [0.717, 1.165) is 5.69 Å². The number of hydrogen-bond acceptors (Lipinski definition) is 4. The second-order valence-corrected chi connectivity index (χ2v) is 3.84. The summed E-state index contributed by atoms with van der Waals surface area (Å²) >= 11 is 11.8. The third-order valence-corrected chi connectivity index (χ3v) is 2.68. The van der Waals surface area contributed by atoms with Crippen molar-refractivity contribution in [3.8, 4) is 0 Å². The van der Waals surface area contributed by atoms with Gasteiger partial charge in [0.1, 0.15) is 10.3 Å². The summed E-state index contributed by atoms with van der Waals surface area (Å²) in [6.07, 6.45) is 3.34. The smallest absolute Gasteiger partial charge is 0.230 e. The maximum Gasteiger partial charge on any atom is 0.230 e. The zero-order chi connectivity index (χ0) is 11.5. The van der Waals surface area contributed by atoms with Crippen LogP contribution in [0, 0.1) is 6.92 Å². The van der Waals surface area contributed by atoms with Crippen molar-refractivity contribution in [3.05, 3.63) is 40.4 Å². The average Bonchev–Trinajstić information content (AvgIpc) is 2.27. The molecule has 0 amide bonds. The maximum absolute atomic E-state index is 5.89. The number of aromatic nitrogens is 3. The summed E-state index contributed by atoms with van der Waals surface area (Å²) in [5.74, 6) is 0.355. The monoisotopic (exact) mass is 254 g/mol. The van der Waals surface area contributed by atoms with E-state index in [-0.39, 0.29) is 0 Å². The van der Waals surface area contributed by atoms with E-state index in [1.54, 1.807) is 25.4 Å². The minimum atomic E-state index is 0.339. The predicted molar refractivity (Wildman–Crippen MR) is 64.3 cm³/mol. The van der Waals surface area contributed by atoms with Gasteiger partial charge in [0.25, 0.3) is 0 Å². The van der Waals surface area contributed by atoms with Crippen molar-refractivity contribution >= 4 is 34.8 Å². The second-order valence-electron chi connectivity index (χ2n) is 3.12. The van der Waals surface area contributed by atoms with Crippen molar-refractivity contribution in [1.82, 2.24) is 15.0 Å². The summed E-state index contributed by atoms with van der Waals surface area (Å²) in [5, 5.41) is 3.64. The van der Waals surface area contributed by atoms with Gasteiger partial charge in [-0.05, 0) is 19.1 Å². The molecular weight excluding hydrogens is 247 g/mol. The van der Waals surface area contributed by atoms with Crippen molar-refractivity contribution in [3.63, 3.8) is 0 Å². The molecular formula is C10H8Cl2N4. The first-order valence-electron chi connectivity index (χ1n) is 4.53. The van der Waals surface area contributed by atoms with Crippen molar-refractivity contribution in [2.45, 2.75) is 6.92 Å². The summed E-state index contributed by atoms with van der Waals surface area (Å²) in [5.41, 5.74) is 1.44. The van der Waals surface area contributed by atoms with Gasteiger partial charge in [-0.15, -0.1) is 0 Å². The predicted octanol–water partition coefficient (Wildman–Crippen LogP) is 3.23. The van der Waals surface area contributed by atoms with Crippen LogP contribution in [0.15, 0.2) is 24.5 Å². The van der Waals surface area contributed by atoms with Gasteiger partial charge in [0.15, 0.2) is 0 Å². The van der Waals surface area contributed by atoms with Gasteiger partial charge >= 0.3 is 0 Å². The van der Waals surface area contributed by atoms with E-state index in [4.69, 9.17) is 23.2 Å². The summed E-state index contributed by atoms with van der Waals surface area (Å²) in [6.45, 7) is 1.76. The lowest BCUT2D eigenvalue weighted by molar-refractivity contribution is 1.13. The molecule has 2 aromatic rings. The molecule has 82 valence electrons. The van der Waals surface area contributed by atoms with Crippen molar-refractivity contribution in [2.75, 3.05) is 5.32 Å². The van der Waals surface area contributed by atoms with Crippen LogP contribution in [0.25, 0.3) is 0 Å². The Labute approximate surface area is 103 Å². The standard InChI is InChI=1S/C10H8Cl2N4/c1-6-8(11)15-10(16-9(6)12)14-7-3-2-4-13-5-7/h2-5H,1H3,(H,14,15,16). The van der Waals surface area contributed by atoms with Crippen LogP contribution in [-0.2, 0) is 0 Å². The number of rotatable bonds is 2. The Bertz CT molecular complexity index is 478. The fourth-order valence-electron chi connectivity index (χ4n) is 1.09. The number of halogens is 2. The Morgan fingerprint density at radius 2 is 1.88 bits per heavy atom. The highest BCUT2D eigenvalue weighted by Crippen LogP contribution is 2.22. The van der Waals surface area contributed by atoms with Gasteiger partial charge in [-0.2, -0.15) is 0 Å². The number of anilines is 2. The highest BCUT2D eigenvalue weighted by molar-refractivity contribution is 6.34. The number of nitrogens with zero attached hydrogens (tertiary/aromatic N) is 3. The lowest BCUT2D eigenvalue weighted by Gasteiger charge is -2.06. The molecule has 16 heavy (non-hydrogen) atoms. The molecule has 0 unspecified atom stereocenters. The summed E-state index contributed by atoms with van der Waals surface area (Å²) in [7, 11) is 0. The molecule has 0 atom stereocenters. The van der Waals surface area contributed by atoms with Crippen LogP contribution in [0.1, 0.15) is 5.56 Å². The molecule has 6 heteroatoms. The van der Waals surface area contributed by atoms with Crippen LogP contribution in [0.2, 0.25) is 10.3 Å². The van der Waals surface area contributed by atoms with E-state index in [1.807, 2.05) is 6.07 Å². The molecule has 2 heterocycles. The number of nitrogens with one attached hydrogen (secondary N) is 1. The Morgan fingerprint density at radius 3 is 2.44 bits per heavy atom. The van der Waals surface area contributed by atoms with E-state index in [9.17, 15) is 0 Å². The quantitative estimate of drug-likeness (QED) is 0.837. The van der Waals surface area contributed by atoms with Crippen molar-refractivity contribution in [2.24, 2.45) is 0 Å². The lowest BCUT2D eigenvalue weighted by atomic mass is 10.4.